The average Bonchev–Trinajstić information content (AvgIpc) is 2.78. The summed E-state index contributed by atoms with van der Waals surface area (Å²) in [5.74, 6) is 0.0269. The lowest BCUT2D eigenvalue weighted by Gasteiger charge is -2.43. The van der Waals surface area contributed by atoms with Crippen molar-refractivity contribution in [1.29, 1.82) is 0 Å². The lowest BCUT2D eigenvalue weighted by Crippen LogP contribution is -2.54. The third-order valence-electron chi connectivity index (χ3n) is 6.94. The third kappa shape index (κ3) is 5.24. The summed E-state index contributed by atoms with van der Waals surface area (Å²) in [4.78, 5) is 15.6. The van der Waals surface area contributed by atoms with Crippen LogP contribution in [0.5, 0.6) is 0 Å². The van der Waals surface area contributed by atoms with Crippen molar-refractivity contribution in [2.75, 3.05) is 51.4 Å². The molecular weight excluding hydrogens is 494 g/mol. The van der Waals surface area contributed by atoms with Crippen LogP contribution in [0.3, 0.4) is 0 Å². The maximum atomic E-state index is 15.2. The molecule has 3 aliphatic rings. The molecule has 188 valence electrons. The molecule has 3 fully saturated rings. The molecule has 3 N–H and O–H groups in total. The van der Waals surface area contributed by atoms with Gasteiger partial charge in [0.05, 0.1) is 50.2 Å². The number of fused-ring (bicyclic) bond motifs is 1. The molecule has 2 unspecified atom stereocenters. The minimum Gasteiger partial charge on any atom is -0.403 e. The van der Waals surface area contributed by atoms with Crippen molar-refractivity contribution in [2.45, 2.75) is 31.5 Å². The van der Waals surface area contributed by atoms with Crippen LogP contribution in [-0.2, 0) is 9.47 Å². The number of nitrogens with two attached hydrogens (primary N) is 1. The first-order valence-electron chi connectivity index (χ1n) is 11.7. The number of aliphatic imine (C=N–C) groups is 1. The molecule has 8 nitrogen and oxygen atoms in total. The summed E-state index contributed by atoms with van der Waals surface area (Å²) < 4.78 is 25.7. The summed E-state index contributed by atoms with van der Waals surface area (Å²) in [6.07, 6.45) is 2.68. The van der Waals surface area contributed by atoms with Gasteiger partial charge in [0.15, 0.2) is 0 Å². The van der Waals surface area contributed by atoms with E-state index in [1.54, 1.807) is 12.3 Å². The van der Waals surface area contributed by atoms with Gasteiger partial charge in [0.2, 0.25) is 5.95 Å². The predicted molar refractivity (Wildman–Crippen MR) is 136 cm³/mol. The first kappa shape index (κ1) is 24.6. The highest BCUT2D eigenvalue weighted by Crippen LogP contribution is 2.37. The van der Waals surface area contributed by atoms with Crippen LogP contribution >= 0.6 is 23.2 Å². The summed E-state index contributed by atoms with van der Waals surface area (Å²) in [5, 5.41) is 4.57. The van der Waals surface area contributed by atoms with E-state index in [-0.39, 0.29) is 16.5 Å². The highest BCUT2D eigenvalue weighted by Gasteiger charge is 2.37. The van der Waals surface area contributed by atoms with E-state index in [0.29, 0.717) is 74.2 Å². The van der Waals surface area contributed by atoms with E-state index in [4.69, 9.17) is 38.4 Å². The van der Waals surface area contributed by atoms with Crippen molar-refractivity contribution in [3.8, 4) is 0 Å². The first-order valence-corrected chi connectivity index (χ1v) is 12.5. The summed E-state index contributed by atoms with van der Waals surface area (Å²) in [6, 6.07) is 3.99. The summed E-state index contributed by atoms with van der Waals surface area (Å²) >= 11 is 13.0. The molecule has 1 aromatic carbocycles. The Morgan fingerprint density at radius 2 is 2.17 bits per heavy atom. The number of hydrogen-bond donors (Lipinski definition) is 2. The zero-order valence-electron chi connectivity index (χ0n) is 19.5. The molecule has 35 heavy (non-hydrogen) atoms. The van der Waals surface area contributed by atoms with Crippen molar-refractivity contribution in [2.24, 2.45) is 16.1 Å². The highest BCUT2D eigenvalue weighted by molar-refractivity contribution is 6.69. The number of aromatic nitrogens is 2. The lowest BCUT2D eigenvalue weighted by molar-refractivity contribution is -0.0944. The largest absolute Gasteiger partial charge is 0.403 e. The zero-order chi connectivity index (χ0) is 24.6. The van der Waals surface area contributed by atoms with Gasteiger partial charge in [0, 0.05) is 40.7 Å². The van der Waals surface area contributed by atoms with Crippen LogP contribution in [0.4, 0.5) is 10.3 Å². The summed E-state index contributed by atoms with van der Waals surface area (Å²) in [5.41, 5.74) is 7.61. The van der Waals surface area contributed by atoms with Gasteiger partial charge in [0.1, 0.15) is 11.3 Å². The molecule has 0 spiro atoms. The van der Waals surface area contributed by atoms with E-state index in [2.05, 4.69) is 32.1 Å². The summed E-state index contributed by atoms with van der Waals surface area (Å²) in [6.45, 7) is 6.50. The van der Waals surface area contributed by atoms with Gasteiger partial charge >= 0.3 is 0 Å². The second kappa shape index (κ2) is 10.1. The Bertz CT molecular complexity index is 1150. The Morgan fingerprint density at radius 1 is 1.37 bits per heavy atom. The Morgan fingerprint density at radius 3 is 2.80 bits per heavy atom. The van der Waals surface area contributed by atoms with E-state index in [9.17, 15) is 0 Å². The molecule has 3 saturated heterocycles. The number of anilines is 1. The van der Waals surface area contributed by atoms with Gasteiger partial charge < -0.3 is 20.5 Å². The molecule has 0 saturated carbocycles. The molecule has 0 radical (unpaired) electrons. The Labute approximate surface area is 213 Å². The Hall–Kier alpha value is -2.04. The molecule has 3 aliphatic heterocycles. The molecule has 0 amide bonds. The number of allylic oxidation sites excluding steroid dienone is 1. The second-order valence-corrected chi connectivity index (χ2v) is 10.6. The van der Waals surface area contributed by atoms with Crippen LogP contribution in [0.15, 0.2) is 35.2 Å². The molecule has 11 heteroatoms. The molecule has 2 atom stereocenters. The SMILES string of the molecule is CC1(CN=C(Cl)/C(=C\N)Nc2ncc3cc(Cl)c(C4CCN(C5COC5)CC4F)cc3n2)COC1. The van der Waals surface area contributed by atoms with Gasteiger partial charge in [-0.2, -0.15) is 0 Å². The number of nitrogens with zero attached hydrogens (tertiary/aromatic N) is 4. The van der Waals surface area contributed by atoms with Crippen molar-refractivity contribution in [3.63, 3.8) is 0 Å². The highest BCUT2D eigenvalue weighted by atomic mass is 35.5. The lowest BCUT2D eigenvalue weighted by atomic mass is 9.86. The van der Waals surface area contributed by atoms with Crippen LogP contribution in [-0.4, -0.2) is 78.3 Å². The third-order valence-corrected chi connectivity index (χ3v) is 7.59. The van der Waals surface area contributed by atoms with E-state index in [1.165, 1.54) is 6.20 Å². The van der Waals surface area contributed by atoms with E-state index >= 15 is 4.39 Å². The number of nitrogens with one attached hydrogen (secondary N) is 1. The van der Waals surface area contributed by atoms with Crippen LogP contribution in [0.1, 0.15) is 24.8 Å². The van der Waals surface area contributed by atoms with Gasteiger partial charge in [-0.15, -0.1) is 0 Å². The molecular formula is C24H29Cl2FN6O2. The smallest absolute Gasteiger partial charge is 0.227 e. The number of rotatable bonds is 7. The van der Waals surface area contributed by atoms with Gasteiger partial charge in [-0.25, -0.2) is 14.4 Å². The summed E-state index contributed by atoms with van der Waals surface area (Å²) in [7, 11) is 0. The van der Waals surface area contributed by atoms with Crippen molar-refractivity contribution in [1.82, 2.24) is 14.9 Å². The van der Waals surface area contributed by atoms with Crippen LogP contribution in [0, 0.1) is 5.41 Å². The standard InChI is InChI=1S/C24H29Cl2FN6O2/c1-24(12-35-13-24)11-30-22(26)21(6-28)32-23-29-7-14-4-18(25)17(5-20(14)31-23)16-2-3-33(8-19(16)27)15-9-34-10-15/h4-7,15-16,19H,2-3,8-13,28H2,1H3,(H,29,31,32)/b21-6+,30-22?. The number of benzene rings is 1. The van der Waals surface area contributed by atoms with Crippen LogP contribution in [0.25, 0.3) is 10.9 Å². The topological polar surface area (TPSA) is 97.9 Å². The van der Waals surface area contributed by atoms with E-state index in [0.717, 1.165) is 17.5 Å². The second-order valence-electron chi connectivity index (χ2n) is 9.84. The fourth-order valence-corrected chi connectivity index (χ4v) is 5.11. The van der Waals surface area contributed by atoms with Gasteiger partial charge in [-0.05, 0) is 30.7 Å². The predicted octanol–water partition coefficient (Wildman–Crippen LogP) is 3.70. The molecule has 4 heterocycles. The molecule has 1 aromatic heterocycles. The molecule has 2 aromatic rings. The molecule has 0 aliphatic carbocycles. The molecule has 0 bridgehead atoms. The number of ether oxygens (including phenoxy) is 2. The Balaban J connectivity index is 1.33. The maximum absolute atomic E-state index is 15.2. The zero-order valence-corrected chi connectivity index (χ0v) is 21.0. The van der Waals surface area contributed by atoms with Crippen molar-refractivity contribution in [3.05, 3.63) is 40.8 Å². The number of piperidine rings is 1. The van der Waals surface area contributed by atoms with Crippen molar-refractivity contribution >= 4 is 45.2 Å². The van der Waals surface area contributed by atoms with E-state index < -0.39 is 6.17 Å². The minimum absolute atomic E-state index is 0.00888. The van der Waals surface area contributed by atoms with Gasteiger partial charge in [0.25, 0.3) is 0 Å². The minimum atomic E-state index is -1.01. The number of halogens is 3. The number of likely N-dealkylation sites (tertiary alicyclic amines) is 1. The number of alkyl halides is 1. The maximum Gasteiger partial charge on any atom is 0.227 e. The van der Waals surface area contributed by atoms with Crippen molar-refractivity contribution < 1.29 is 13.9 Å². The monoisotopic (exact) mass is 522 g/mol. The fraction of sp³-hybridized carbons (Fsp3) is 0.542. The number of hydrogen-bond acceptors (Lipinski definition) is 8. The van der Waals surface area contributed by atoms with Gasteiger partial charge in [-0.1, -0.05) is 30.1 Å². The van der Waals surface area contributed by atoms with Gasteiger partial charge in [-0.3, -0.25) is 9.89 Å². The molecule has 5 rings (SSSR count). The quantitative estimate of drug-likeness (QED) is 0.535. The Kier molecular flexibility index (Phi) is 7.14. The first-order chi connectivity index (χ1) is 16.8. The van der Waals surface area contributed by atoms with Crippen LogP contribution < -0.4 is 11.1 Å². The van der Waals surface area contributed by atoms with E-state index in [1.807, 2.05) is 6.07 Å². The van der Waals surface area contributed by atoms with Crippen LogP contribution in [0.2, 0.25) is 5.02 Å². The fourth-order valence-electron chi connectivity index (χ4n) is 4.63. The average molecular weight is 523 g/mol. The normalized spacial score (nSPS) is 25.8.